The van der Waals surface area contributed by atoms with Gasteiger partial charge in [-0.25, -0.2) is 9.37 Å². The van der Waals surface area contributed by atoms with Crippen LogP contribution in [0.4, 0.5) is 4.39 Å². The number of imidazole rings is 1. The number of thiophene rings is 1. The molecule has 3 rings (SSSR count). The maximum atomic E-state index is 13.3. The van der Waals surface area contributed by atoms with Gasteiger partial charge in [0.05, 0.1) is 27.3 Å². The SMILES string of the molecule is CC(Cl)c1nc2cc(F)ccc2n1Cc1ccc(Cl)s1. The molecule has 0 amide bonds. The van der Waals surface area contributed by atoms with Gasteiger partial charge < -0.3 is 4.57 Å². The Morgan fingerprint density at radius 3 is 2.80 bits per heavy atom. The van der Waals surface area contributed by atoms with Crippen molar-refractivity contribution in [1.29, 1.82) is 0 Å². The molecule has 0 fully saturated rings. The van der Waals surface area contributed by atoms with Crippen LogP contribution in [-0.4, -0.2) is 9.55 Å². The van der Waals surface area contributed by atoms with Crippen molar-refractivity contribution in [1.82, 2.24) is 9.55 Å². The van der Waals surface area contributed by atoms with Gasteiger partial charge in [0.25, 0.3) is 0 Å². The fraction of sp³-hybridized carbons (Fsp3) is 0.214. The van der Waals surface area contributed by atoms with E-state index in [0.717, 1.165) is 20.6 Å². The Kier molecular flexibility index (Phi) is 3.71. The fourth-order valence-electron chi connectivity index (χ4n) is 2.18. The monoisotopic (exact) mass is 328 g/mol. The van der Waals surface area contributed by atoms with Crippen molar-refractivity contribution >= 4 is 45.6 Å². The van der Waals surface area contributed by atoms with E-state index in [2.05, 4.69) is 4.98 Å². The van der Waals surface area contributed by atoms with Crippen molar-refractivity contribution in [2.24, 2.45) is 0 Å². The predicted octanol–water partition coefficient (Wildman–Crippen LogP) is 5.24. The number of nitrogens with zero attached hydrogens (tertiary/aromatic N) is 2. The van der Waals surface area contributed by atoms with Gasteiger partial charge in [0.2, 0.25) is 0 Å². The number of benzene rings is 1. The predicted molar refractivity (Wildman–Crippen MR) is 82.4 cm³/mol. The van der Waals surface area contributed by atoms with Gasteiger partial charge in [0, 0.05) is 10.9 Å². The van der Waals surface area contributed by atoms with Crippen molar-refractivity contribution < 1.29 is 4.39 Å². The summed E-state index contributed by atoms with van der Waals surface area (Å²) in [5.41, 5.74) is 1.49. The van der Waals surface area contributed by atoms with Gasteiger partial charge in [-0.05, 0) is 31.2 Å². The summed E-state index contributed by atoms with van der Waals surface area (Å²) in [6.07, 6.45) is 0. The molecule has 2 nitrogen and oxygen atoms in total. The lowest BCUT2D eigenvalue weighted by molar-refractivity contribution is 0.629. The van der Waals surface area contributed by atoms with Crippen molar-refractivity contribution in [2.45, 2.75) is 18.8 Å². The second kappa shape index (κ2) is 5.35. The molecule has 2 heterocycles. The molecule has 0 aliphatic heterocycles. The van der Waals surface area contributed by atoms with Crippen molar-refractivity contribution in [3.8, 4) is 0 Å². The molecule has 104 valence electrons. The van der Waals surface area contributed by atoms with Crippen molar-refractivity contribution in [3.63, 3.8) is 0 Å². The van der Waals surface area contributed by atoms with Gasteiger partial charge in [-0.15, -0.1) is 22.9 Å². The van der Waals surface area contributed by atoms with E-state index in [0.29, 0.717) is 12.1 Å². The van der Waals surface area contributed by atoms with Crippen LogP contribution in [0.2, 0.25) is 4.34 Å². The number of rotatable bonds is 3. The lowest BCUT2D eigenvalue weighted by atomic mass is 10.3. The van der Waals surface area contributed by atoms with Crippen LogP contribution in [0.3, 0.4) is 0 Å². The summed E-state index contributed by atoms with van der Waals surface area (Å²) in [4.78, 5) is 5.55. The maximum Gasteiger partial charge on any atom is 0.128 e. The Morgan fingerprint density at radius 2 is 2.15 bits per heavy atom. The zero-order valence-corrected chi connectivity index (χ0v) is 12.9. The van der Waals surface area contributed by atoms with Crippen LogP contribution in [0.25, 0.3) is 11.0 Å². The standard InChI is InChI=1S/C14H11Cl2FN2S/c1-8(15)14-18-11-6-9(17)2-4-12(11)19(14)7-10-3-5-13(16)20-10/h2-6,8H,7H2,1H3. The van der Waals surface area contributed by atoms with Crippen LogP contribution in [0.15, 0.2) is 30.3 Å². The van der Waals surface area contributed by atoms with E-state index in [4.69, 9.17) is 23.2 Å². The minimum atomic E-state index is -0.296. The molecule has 1 unspecified atom stereocenters. The highest BCUT2D eigenvalue weighted by atomic mass is 35.5. The van der Waals surface area contributed by atoms with E-state index < -0.39 is 0 Å². The number of hydrogen-bond donors (Lipinski definition) is 0. The first-order chi connectivity index (χ1) is 9.54. The summed E-state index contributed by atoms with van der Waals surface area (Å²) >= 11 is 13.7. The van der Waals surface area contributed by atoms with Gasteiger partial charge in [-0.1, -0.05) is 11.6 Å². The molecule has 0 spiro atoms. The summed E-state index contributed by atoms with van der Waals surface area (Å²) in [7, 11) is 0. The van der Waals surface area contributed by atoms with Crippen LogP contribution < -0.4 is 0 Å². The molecule has 0 saturated carbocycles. The second-order valence-electron chi connectivity index (χ2n) is 4.51. The summed E-state index contributed by atoms with van der Waals surface area (Å²) in [6.45, 7) is 2.49. The van der Waals surface area contributed by atoms with E-state index >= 15 is 0 Å². The third-order valence-electron chi connectivity index (χ3n) is 3.04. The average Bonchev–Trinajstić information content (AvgIpc) is 2.94. The summed E-state index contributed by atoms with van der Waals surface area (Å²) in [5.74, 6) is 0.437. The Labute approximate surface area is 129 Å². The number of alkyl halides is 1. The molecule has 1 aromatic carbocycles. The maximum absolute atomic E-state index is 13.3. The van der Waals surface area contributed by atoms with E-state index in [-0.39, 0.29) is 11.2 Å². The summed E-state index contributed by atoms with van der Waals surface area (Å²) in [6, 6.07) is 8.44. The van der Waals surface area contributed by atoms with Crippen molar-refractivity contribution in [3.05, 3.63) is 51.2 Å². The van der Waals surface area contributed by atoms with Gasteiger partial charge in [-0.3, -0.25) is 0 Å². The number of aromatic nitrogens is 2. The summed E-state index contributed by atoms with van der Waals surface area (Å²) < 4.78 is 16.1. The topological polar surface area (TPSA) is 17.8 Å². The van der Waals surface area contributed by atoms with Crippen LogP contribution in [0, 0.1) is 5.82 Å². The first-order valence-corrected chi connectivity index (χ1v) is 7.71. The van der Waals surface area contributed by atoms with E-state index in [1.54, 1.807) is 6.07 Å². The highest BCUT2D eigenvalue weighted by molar-refractivity contribution is 7.16. The molecule has 0 aliphatic rings. The lowest BCUT2D eigenvalue weighted by Gasteiger charge is -2.09. The summed E-state index contributed by atoms with van der Waals surface area (Å²) in [5, 5.41) is -0.249. The van der Waals surface area contributed by atoms with Gasteiger partial charge in [-0.2, -0.15) is 0 Å². The normalized spacial score (nSPS) is 13.0. The third-order valence-corrected chi connectivity index (χ3v) is 4.45. The largest absolute Gasteiger partial charge is 0.321 e. The lowest BCUT2D eigenvalue weighted by Crippen LogP contribution is -2.04. The Hall–Kier alpha value is -1.10. The highest BCUT2D eigenvalue weighted by Gasteiger charge is 2.16. The quantitative estimate of drug-likeness (QED) is 0.601. The fourth-order valence-corrected chi connectivity index (χ4v) is 3.43. The molecule has 0 N–H and O–H groups in total. The molecule has 0 radical (unpaired) electrons. The van der Waals surface area contributed by atoms with Gasteiger partial charge in [0.1, 0.15) is 11.6 Å². The molecular weight excluding hydrogens is 318 g/mol. The Balaban J connectivity index is 2.13. The third kappa shape index (κ3) is 2.55. The Morgan fingerprint density at radius 1 is 1.35 bits per heavy atom. The van der Waals surface area contributed by atoms with Crippen LogP contribution in [0.5, 0.6) is 0 Å². The van der Waals surface area contributed by atoms with E-state index in [1.165, 1.54) is 23.5 Å². The van der Waals surface area contributed by atoms with Gasteiger partial charge in [0.15, 0.2) is 0 Å². The van der Waals surface area contributed by atoms with E-state index in [1.807, 2.05) is 23.6 Å². The molecule has 1 atom stereocenters. The molecule has 0 saturated heterocycles. The molecule has 3 aromatic rings. The smallest absolute Gasteiger partial charge is 0.128 e. The number of hydrogen-bond acceptors (Lipinski definition) is 2. The highest BCUT2D eigenvalue weighted by Crippen LogP contribution is 2.28. The zero-order valence-electron chi connectivity index (χ0n) is 10.6. The van der Waals surface area contributed by atoms with Crippen LogP contribution >= 0.6 is 34.5 Å². The van der Waals surface area contributed by atoms with Crippen molar-refractivity contribution in [2.75, 3.05) is 0 Å². The molecular formula is C14H11Cl2FN2S. The second-order valence-corrected chi connectivity index (χ2v) is 6.97. The van der Waals surface area contributed by atoms with Gasteiger partial charge >= 0.3 is 0 Å². The first-order valence-electron chi connectivity index (χ1n) is 6.08. The van der Waals surface area contributed by atoms with Crippen LogP contribution in [0.1, 0.15) is 23.0 Å². The number of halogens is 3. The molecule has 20 heavy (non-hydrogen) atoms. The molecule has 6 heteroatoms. The average molecular weight is 329 g/mol. The Bertz CT molecular complexity index is 764. The minimum absolute atomic E-state index is 0.249. The minimum Gasteiger partial charge on any atom is -0.321 e. The first kappa shape index (κ1) is 13.9. The van der Waals surface area contributed by atoms with E-state index in [9.17, 15) is 4.39 Å². The molecule has 2 aromatic heterocycles. The number of fused-ring (bicyclic) bond motifs is 1. The molecule has 0 bridgehead atoms. The molecule has 0 aliphatic carbocycles. The van der Waals surface area contributed by atoms with Crippen LogP contribution in [-0.2, 0) is 6.54 Å². The zero-order chi connectivity index (χ0) is 14.3.